The number of aryl methyl sites for hydroxylation is 3. The van der Waals surface area contributed by atoms with Crippen molar-refractivity contribution in [1.29, 1.82) is 0 Å². The summed E-state index contributed by atoms with van der Waals surface area (Å²) in [5.74, 6) is 1.97. The smallest absolute Gasteiger partial charge is 0.181 e. The largest absolute Gasteiger partial charge is 0.323 e. The molecule has 8 rings (SSSR count). The van der Waals surface area contributed by atoms with E-state index < -0.39 is 0 Å². The molecule has 0 saturated carbocycles. The van der Waals surface area contributed by atoms with Crippen LogP contribution in [0.2, 0.25) is 0 Å². The Bertz CT molecular complexity index is 2530. The van der Waals surface area contributed by atoms with Gasteiger partial charge in [0.1, 0.15) is 18.7 Å². The number of anilines is 2. The third-order valence-electron chi connectivity index (χ3n) is 12.7. The van der Waals surface area contributed by atoms with Crippen molar-refractivity contribution < 1.29 is 9.13 Å². The minimum Gasteiger partial charge on any atom is -0.323 e. The molecule has 0 aliphatic carbocycles. The molecule has 4 heterocycles. The van der Waals surface area contributed by atoms with Crippen molar-refractivity contribution in [2.75, 3.05) is 9.80 Å². The Hall–Kier alpha value is -5.88. The zero-order valence-electron chi connectivity index (χ0n) is 35.0. The Morgan fingerprint density at radius 3 is 1.53 bits per heavy atom. The van der Waals surface area contributed by atoms with Gasteiger partial charge in [-0.3, -0.25) is 0 Å². The molecule has 0 radical (unpaired) electrons. The number of benzene rings is 4. The molecule has 0 amide bonds. The molecule has 6 aromatic rings. The molecule has 6 heteroatoms. The average Bonchev–Trinajstić information content (AvgIpc) is 3.76. The van der Waals surface area contributed by atoms with Crippen molar-refractivity contribution in [2.24, 2.45) is 17.3 Å². The van der Waals surface area contributed by atoms with Crippen LogP contribution in [0.3, 0.4) is 0 Å². The second-order valence-corrected chi connectivity index (χ2v) is 16.2. The molecule has 0 N–H and O–H groups in total. The second kappa shape index (κ2) is 15.9. The zero-order valence-corrected chi connectivity index (χ0v) is 35.0. The lowest BCUT2D eigenvalue weighted by Gasteiger charge is -2.21. The monoisotopic (exact) mass is 752 g/mol. The number of rotatable bonds is 10. The van der Waals surface area contributed by atoms with Crippen molar-refractivity contribution in [3.05, 3.63) is 188 Å². The van der Waals surface area contributed by atoms with Gasteiger partial charge in [-0.25, -0.2) is 4.57 Å². The maximum absolute atomic E-state index is 5.04. The number of para-hydroxylation sites is 2. The van der Waals surface area contributed by atoms with Gasteiger partial charge in [-0.05, 0) is 77.8 Å². The minimum atomic E-state index is 0.740. The molecule has 2 aromatic heterocycles. The predicted molar refractivity (Wildman–Crippen MR) is 234 cm³/mol. The van der Waals surface area contributed by atoms with E-state index in [-0.39, 0.29) is 0 Å². The third-order valence-corrected chi connectivity index (χ3v) is 12.7. The number of hydrogen-bond donors (Lipinski definition) is 0. The van der Waals surface area contributed by atoms with Gasteiger partial charge in [-0.2, -0.15) is 4.57 Å². The highest BCUT2D eigenvalue weighted by Crippen LogP contribution is 2.33. The van der Waals surface area contributed by atoms with Gasteiger partial charge in [0.2, 0.25) is 0 Å². The summed E-state index contributed by atoms with van der Waals surface area (Å²) in [6.45, 7) is 18.1. The number of nitrogens with zero attached hydrogens (tertiary/aromatic N) is 6. The number of pyridine rings is 2. The van der Waals surface area contributed by atoms with Crippen LogP contribution in [0.25, 0.3) is 0 Å². The third kappa shape index (κ3) is 7.66. The fourth-order valence-corrected chi connectivity index (χ4v) is 8.64. The van der Waals surface area contributed by atoms with Gasteiger partial charge in [0.15, 0.2) is 29.3 Å². The van der Waals surface area contributed by atoms with Gasteiger partial charge >= 0.3 is 0 Å². The fourth-order valence-electron chi connectivity index (χ4n) is 8.64. The molecular weight excluding hydrogens is 697 g/mol. The molecule has 0 saturated heterocycles. The van der Waals surface area contributed by atoms with Crippen LogP contribution in [0.1, 0.15) is 85.3 Å². The van der Waals surface area contributed by atoms with Crippen molar-refractivity contribution in [2.45, 2.75) is 93.8 Å². The van der Waals surface area contributed by atoms with Crippen molar-refractivity contribution in [1.82, 2.24) is 0 Å². The molecular formula is C51H56N6+2. The maximum Gasteiger partial charge on any atom is 0.181 e. The van der Waals surface area contributed by atoms with Gasteiger partial charge < -0.3 is 9.80 Å². The van der Waals surface area contributed by atoms with Crippen LogP contribution in [-0.4, -0.2) is 11.7 Å². The van der Waals surface area contributed by atoms with Crippen LogP contribution in [0, 0.1) is 41.5 Å². The standard InChI is InChI=1S/C51H56N6/c1-9-40-18-20-42(21-19-40)32-56-48-16-12-10-14-44(48)29-50(56)52-53-51-30-45-15-11-13-17-49(45)57(51)33-43-24-22-41(23-25-43)31-55-35(3)27-47(37(5)39(55)7)28-46-26-34(2)54(8)38(6)36(46)4/h10-27H,9,28-33H2,1-8H3/q+2/b52-50-,53-51-. The van der Waals surface area contributed by atoms with Gasteiger partial charge in [0, 0.05) is 93.8 Å². The molecule has 4 aromatic carbocycles. The first-order valence-electron chi connectivity index (χ1n) is 20.5. The number of amidine groups is 2. The van der Waals surface area contributed by atoms with E-state index in [9.17, 15) is 0 Å². The molecule has 2 aliphatic rings. The van der Waals surface area contributed by atoms with Gasteiger partial charge in [0.25, 0.3) is 0 Å². The first-order valence-corrected chi connectivity index (χ1v) is 20.5. The molecule has 288 valence electrons. The van der Waals surface area contributed by atoms with Crippen LogP contribution in [0.4, 0.5) is 11.4 Å². The van der Waals surface area contributed by atoms with Crippen LogP contribution >= 0.6 is 0 Å². The zero-order chi connectivity index (χ0) is 39.8. The van der Waals surface area contributed by atoms with Crippen molar-refractivity contribution in [3.8, 4) is 0 Å². The van der Waals surface area contributed by atoms with Crippen molar-refractivity contribution >= 4 is 23.0 Å². The summed E-state index contributed by atoms with van der Waals surface area (Å²) in [5.41, 5.74) is 21.0. The van der Waals surface area contributed by atoms with E-state index in [1.54, 1.807) is 0 Å². The number of fused-ring (bicyclic) bond motifs is 2. The van der Waals surface area contributed by atoms with Gasteiger partial charge in [-0.15, -0.1) is 10.2 Å². The van der Waals surface area contributed by atoms with Crippen LogP contribution in [-0.2, 0) is 52.4 Å². The van der Waals surface area contributed by atoms with Crippen molar-refractivity contribution in [3.63, 3.8) is 0 Å². The lowest BCUT2D eigenvalue weighted by Crippen LogP contribution is -2.42. The summed E-state index contributed by atoms with van der Waals surface area (Å²) in [7, 11) is 2.16. The molecule has 57 heavy (non-hydrogen) atoms. The van der Waals surface area contributed by atoms with Crippen LogP contribution < -0.4 is 18.9 Å². The van der Waals surface area contributed by atoms with E-state index >= 15 is 0 Å². The summed E-state index contributed by atoms with van der Waals surface area (Å²) in [5, 5.41) is 10.1. The molecule has 0 bridgehead atoms. The Kier molecular flexibility index (Phi) is 10.6. The Morgan fingerprint density at radius 2 is 1.00 bits per heavy atom. The maximum atomic E-state index is 5.04. The Labute approximate surface area is 339 Å². The van der Waals surface area contributed by atoms with E-state index in [1.807, 2.05) is 0 Å². The van der Waals surface area contributed by atoms with E-state index in [1.165, 1.54) is 89.8 Å². The first kappa shape index (κ1) is 38.0. The quantitative estimate of drug-likeness (QED) is 0.103. The first-order chi connectivity index (χ1) is 27.6. The highest BCUT2D eigenvalue weighted by atomic mass is 15.4. The topological polar surface area (TPSA) is 39.0 Å². The highest BCUT2D eigenvalue weighted by molar-refractivity contribution is 6.07. The molecule has 0 atom stereocenters. The molecule has 0 fully saturated rings. The summed E-state index contributed by atoms with van der Waals surface area (Å²) in [6.07, 6.45) is 3.54. The van der Waals surface area contributed by atoms with E-state index in [2.05, 4.69) is 184 Å². The molecule has 0 spiro atoms. The summed E-state index contributed by atoms with van der Waals surface area (Å²) in [4.78, 5) is 4.70. The minimum absolute atomic E-state index is 0.740. The van der Waals surface area contributed by atoms with E-state index in [0.29, 0.717) is 0 Å². The SMILES string of the molecule is CCc1ccc(CN2/C(=N\N=C3\Cc4ccccc4N3Cc3ccc(C[n+]4c(C)cc(Cc5cc(C)[n+](C)c(C)c5C)c(C)c4C)cc3)Cc3ccccc32)cc1. The number of hydrogen-bond acceptors (Lipinski definition) is 2. The molecule has 6 nitrogen and oxygen atoms in total. The number of aromatic nitrogens is 2. The van der Waals surface area contributed by atoms with Gasteiger partial charge in [0.05, 0.1) is 0 Å². The highest BCUT2D eigenvalue weighted by Gasteiger charge is 2.29. The second-order valence-electron chi connectivity index (χ2n) is 16.2. The van der Waals surface area contributed by atoms with E-state index in [4.69, 9.17) is 10.2 Å². The predicted octanol–water partition coefficient (Wildman–Crippen LogP) is 9.39. The average molecular weight is 753 g/mol. The molecule has 0 unspecified atom stereocenters. The summed E-state index contributed by atoms with van der Waals surface area (Å²) >= 11 is 0. The summed E-state index contributed by atoms with van der Waals surface area (Å²) in [6, 6.07) is 40.2. The van der Waals surface area contributed by atoms with Crippen LogP contribution in [0.15, 0.2) is 119 Å². The lowest BCUT2D eigenvalue weighted by atomic mass is 9.95. The Morgan fingerprint density at radius 1 is 0.544 bits per heavy atom. The Balaban J connectivity index is 1.01. The molecule has 2 aliphatic heterocycles. The summed E-state index contributed by atoms with van der Waals surface area (Å²) < 4.78 is 4.75. The normalized spacial score (nSPS) is 14.9. The van der Waals surface area contributed by atoms with Gasteiger partial charge in [-0.1, -0.05) is 91.9 Å². The fraction of sp³-hybridized carbons (Fsp3) is 0.294. The lowest BCUT2D eigenvalue weighted by molar-refractivity contribution is -0.700. The van der Waals surface area contributed by atoms with Crippen LogP contribution in [0.5, 0.6) is 0 Å². The van der Waals surface area contributed by atoms with E-state index in [0.717, 1.165) is 57.0 Å².